The number of nitrogens with zero attached hydrogens (tertiary/aromatic N) is 1. The highest BCUT2D eigenvalue weighted by molar-refractivity contribution is 5.92. The molecular weight excluding hydrogens is 268 g/mol. The van der Waals surface area contributed by atoms with Crippen molar-refractivity contribution in [2.24, 2.45) is 17.6 Å². The molecule has 1 aromatic rings. The minimum absolute atomic E-state index is 0.299. The van der Waals surface area contributed by atoms with Crippen LogP contribution in [0.2, 0.25) is 0 Å². The summed E-state index contributed by atoms with van der Waals surface area (Å²) in [6.45, 7) is 1.47. The van der Waals surface area contributed by atoms with Crippen LogP contribution in [0, 0.1) is 11.8 Å². The molecule has 0 radical (unpaired) electrons. The van der Waals surface area contributed by atoms with Gasteiger partial charge in [0.25, 0.3) is 0 Å². The number of carboxylic acids is 1. The molecule has 1 saturated carbocycles. The molecule has 2 aliphatic rings. The lowest BCUT2D eigenvalue weighted by Gasteiger charge is -2.24. The Balaban J connectivity index is 1.74. The smallest absolute Gasteiger partial charge is 0.321 e. The number of amides is 1. The highest BCUT2D eigenvalue weighted by atomic mass is 16.4. The van der Waals surface area contributed by atoms with E-state index in [-0.39, 0.29) is 6.04 Å². The molecular formula is C16H20N2O3. The number of carboxylic acid groups (broad SMARTS) is 1. The molecule has 3 atom stereocenters. The Hall–Kier alpha value is -1.88. The van der Waals surface area contributed by atoms with Crippen LogP contribution in [-0.4, -0.2) is 34.5 Å². The molecule has 1 aliphatic heterocycles. The first kappa shape index (κ1) is 14.1. The molecule has 1 saturated heterocycles. The molecule has 1 aliphatic carbocycles. The number of primary amides is 1. The third kappa shape index (κ3) is 2.65. The van der Waals surface area contributed by atoms with Crippen LogP contribution in [-0.2, 0) is 11.3 Å². The first-order chi connectivity index (χ1) is 10.1. The Morgan fingerprint density at radius 1 is 1.24 bits per heavy atom. The van der Waals surface area contributed by atoms with E-state index in [0.717, 1.165) is 31.4 Å². The van der Waals surface area contributed by atoms with Crippen molar-refractivity contribution < 1.29 is 14.7 Å². The monoisotopic (exact) mass is 288 g/mol. The zero-order valence-corrected chi connectivity index (χ0v) is 11.9. The van der Waals surface area contributed by atoms with Gasteiger partial charge >= 0.3 is 5.97 Å². The topological polar surface area (TPSA) is 83.6 Å². The molecule has 0 aromatic heterocycles. The van der Waals surface area contributed by atoms with Gasteiger partial charge in [0.05, 0.1) is 0 Å². The maximum Gasteiger partial charge on any atom is 0.321 e. The second-order valence-electron chi connectivity index (χ2n) is 6.13. The maximum absolute atomic E-state index is 11.6. The zero-order valence-electron chi connectivity index (χ0n) is 11.9. The number of hydrogen-bond donors (Lipinski definition) is 2. The van der Waals surface area contributed by atoms with Gasteiger partial charge in [-0.25, -0.2) is 0 Å². The quantitative estimate of drug-likeness (QED) is 0.878. The van der Waals surface area contributed by atoms with Gasteiger partial charge in [-0.2, -0.15) is 0 Å². The lowest BCUT2D eigenvalue weighted by Crippen LogP contribution is -2.39. The van der Waals surface area contributed by atoms with Gasteiger partial charge < -0.3 is 10.8 Å². The van der Waals surface area contributed by atoms with E-state index < -0.39 is 11.9 Å². The fourth-order valence-corrected chi connectivity index (χ4v) is 3.90. The largest absolute Gasteiger partial charge is 0.480 e. The Labute approximate surface area is 123 Å². The first-order valence-corrected chi connectivity index (χ1v) is 7.42. The van der Waals surface area contributed by atoms with Crippen LogP contribution < -0.4 is 5.73 Å². The van der Waals surface area contributed by atoms with Gasteiger partial charge in [0.1, 0.15) is 6.04 Å². The number of carbonyl (C=O) groups is 2. The number of nitrogens with two attached hydrogens (primary N) is 1. The molecule has 1 amide bonds. The van der Waals surface area contributed by atoms with Gasteiger partial charge in [-0.15, -0.1) is 0 Å². The number of carbonyl (C=O) groups excluding carboxylic acids is 1. The van der Waals surface area contributed by atoms with Crippen molar-refractivity contribution in [1.82, 2.24) is 4.90 Å². The van der Waals surface area contributed by atoms with Gasteiger partial charge in [0, 0.05) is 18.7 Å². The van der Waals surface area contributed by atoms with Crippen molar-refractivity contribution in [3.8, 4) is 0 Å². The van der Waals surface area contributed by atoms with Gasteiger partial charge in [0.2, 0.25) is 5.91 Å². The maximum atomic E-state index is 11.6. The average Bonchev–Trinajstić information content (AvgIpc) is 2.98. The molecule has 5 heteroatoms. The summed E-state index contributed by atoms with van der Waals surface area (Å²) in [6, 6.07) is 6.74. The molecule has 0 bridgehead atoms. The summed E-state index contributed by atoms with van der Waals surface area (Å²) in [5.74, 6) is -0.331. The van der Waals surface area contributed by atoms with Gasteiger partial charge in [-0.3, -0.25) is 14.5 Å². The van der Waals surface area contributed by atoms with Crippen LogP contribution in [0.25, 0.3) is 0 Å². The molecule has 1 heterocycles. The number of hydrogen-bond acceptors (Lipinski definition) is 3. The lowest BCUT2D eigenvalue weighted by molar-refractivity contribution is -0.143. The molecule has 0 spiro atoms. The van der Waals surface area contributed by atoms with E-state index in [1.54, 1.807) is 12.1 Å². The Morgan fingerprint density at radius 2 is 1.95 bits per heavy atom. The van der Waals surface area contributed by atoms with Crippen molar-refractivity contribution in [2.75, 3.05) is 6.54 Å². The van der Waals surface area contributed by atoms with Crippen molar-refractivity contribution in [3.05, 3.63) is 35.4 Å². The Morgan fingerprint density at radius 3 is 2.57 bits per heavy atom. The minimum atomic E-state index is -0.710. The van der Waals surface area contributed by atoms with E-state index in [9.17, 15) is 14.7 Å². The second-order valence-corrected chi connectivity index (χ2v) is 6.13. The van der Waals surface area contributed by atoms with Crippen LogP contribution in [0.5, 0.6) is 0 Å². The molecule has 112 valence electrons. The summed E-state index contributed by atoms with van der Waals surface area (Å²) in [7, 11) is 0. The zero-order chi connectivity index (χ0) is 15.0. The molecule has 3 rings (SSSR count). The van der Waals surface area contributed by atoms with Crippen LogP contribution in [0.3, 0.4) is 0 Å². The SMILES string of the molecule is NC(=O)c1ccc(CN2CC3CCCC3C2C(=O)O)cc1. The summed E-state index contributed by atoms with van der Waals surface area (Å²) >= 11 is 0. The standard InChI is InChI=1S/C16H20N2O3/c17-15(19)11-6-4-10(5-7-11)8-18-9-12-2-1-3-13(12)14(18)16(20)21/h4-7,12-14H,1-3,8-9H2,(H2,17,19)(H,20,21). The summed E-state index contributed by atoms with van der Waals surface area (Å²) in [6.07, 6.45) is 3.32. The Kier molecular flexibility index (Phi) is 3.68. The highest BCUT2D eigenvalue weighted by Gasteiger charge is 2.47. The van der Waals surface area contributed by atoms with Crippen LogP contribution in [0.1, 0.15) is 35.2 Å². The molecule has 3 N–H and O–H groups in total. The van der Waals surface area contributed by atoms with Crippen molar-refractivity contribution in [2.45, 2.75) is 31.8 Å². The van der Waals surface area contributed by atoms with E-state index in [1.165, 1.54) is 0 Å². The van der Waals surface area contributed by atoms with Crippen molar-refractivity contribution in [1.29, 1.82) is 0 Å². The molecule has 3 unspecified atom stereocenters. The van der Waals surface area contributed by atoms with Crippen LogP contribution >= 0.6 is 0 Å². The fraction of sp³-hybridized carbons (Fsp3) is 0.500. The van der Waals surface area contributed by atoms with Crippen molar-refractivity contribution >= 4 is 11.9 Å². The summed E-state index contributed by atoms with van der Waals surface area (Å²) in [5.41, 5.74) is 6.72. The average molecular weight is 288 g/mol. The molecule has 5 nitrogen and oxygen atoms in total. The number of benzene rings is 1. The van der Waals surface area contributed by atoms with E-state index in [0.29, 0.717) is 23.9 Å². The summed E-state index contributed by atoms with van der Waals surface area (Å²) in [4.78, 5) is 24.7. The number of aliphatic carboxylic acids is 1. The number of rotatable bonds is 4. The van der Waals surface area contributed by atoms with Gasteiger partial charge in [0.15, 0.2) is 0 Å². The molecule has 2 fully saturated rings. The van der Waals surface area contributed by atoms with E-state index in [2.05, 4.69) is 4.90 Å². The normalized spacial score (nSPS) is 28.5. The van der Waals surface area contributed by atoms with E-state index in [1.807, 2.05) is 12.1 Å². The van der Waals surface area contributed by atoms with E-state index >= 15 is 0 Å². The minimum Gasteiger partial charge on any atom is -0.480 e. The third-order valence-corrected chi connectivity index (χ3v) is 4.86. The highest BCUT2D eigenvalue weighted by Crippen LogP contribution is 2.42. The third-order valence-electron chi connectivity index (χ3n) is 4.86. The lowest BCUT2D eigenvalue weighted by atomic mass is 9.94. The van der Waals surface area contributed by atoms with Crippen LogP contribution in [0.4, 0.5) is 0 Å². The van der Waals surface area contributed by atoms with Crippen molar-refractivity contribution in [3.63, 3.8) is 0 Å². The molecule has 1 aromatic carbocycles. The predicted molar refractivity (Wildman–Crippen MR) is 77.6 cm³/mol. The number of fused-ring (bicyclic) bond motifs is 1. The van der Waals surface area contributed by atoms with Crippen LogP contribution in [0.15, 0.2) is 24.3 Å². The summed E-state index contributed by atoms with van der Waals surface area (Å²) in [5, 5.41) is 9.52. The summed E-state index contributed by atoms with van der Waals surface area (Å²) < 4.78 is 0. The first-order valence-electron chi connectivity index (χ1n) is 7.42. The van der Waals surface area contributed by atoms with Gasteiger partial charge in [-0.1, -0.05) is 18.6 Å². The fourth-order valence-electron chi connectivity index (χ4n) is 3.90. The van der Waals surface area contributed by atoms with Gasteiger partial charge in [-0.05, 0) is 42.4 Å². The number of likely N-dealkylation sites (tertiary alicyclic amines) is 1. The molecule has 21 heavy (non-hydrogen) atoms. The second kappa shape index (κ2) is 5.48. The van der Waals surface area contributed by atoms with E-state index in [4.69, 9.17) is 5.73 Å². The predicted octanol–water partition coefficient (Wildman–Crippen LogP) is 1.47. The Bertz CT molecular complexity index is 555.